The van der Waals surface area contributed by atoms with Crippen LogP contribution in [0.1, 0.15) is 46.5 Å². The molecule has 0 radical (unpaired) electrons. The molecular formula is C16H29N3O2. The number of nitrogens with one attached hydrogen (secondary N) is 1. The molecule has 2 amide bonds. The normalized spacial score (nSPS) is 24.1. The predicted octanol–water partition coefficient (Wildman–Crippen LogP) is 1.24. The summed E-state index contributed by atoms with van der Waals surface area (Å²) in [5.41, 5.74) is -0.354. The molecule has 2 fully saturated rings. The van der Waals surface area contributed by atoms with Gasteiger partial charge in [-0.15, -0.1) is 0 Å². The van der Waals surface area contributed by atoms with E-state index in [-0.39, 0.29) is 23.3 Å². The van der Waals surface area contributed by atoms with Gasteiger partial charge in [-0.2, -0.15) is 0 Å². The van der Waals surface area contributed by atoms with E-state index in [2.05, 4.69) is 10.2 Å². The van der Waals surface area contributed by atoms with Crippen molar-refractivity contribution >= 4 is 11.8 Å². The second-order valence-corrected chi connectivity index (χ2v) is 7.39. The van der Waals surface area contributed by atoms with Gasteiger partial charge in [-0.25, -0.2) is 0 Å². The molecule has 5 heteroatoms. The summed E-state index contributed by atoms with van der Waals surface area (Å²) in [7, 11) is 0. The molecule has 1 atom stereocenters. The number of likely N-dealkylation sites (tertiary alicyclic amines) is 2. The molecule has 2 saturated heterocycles. The zero-order valence-electron chi connectivity index (χ0n) is 13.7. The molecule has 2 heterocycles. The van der Waals surface area contributed by atoms with Crippen LogP contribution in [0, 0.1) is 5.41 Å². The maximum absolute atomic E-state index is 12.2. The Morgan fingerprint density at radius 2 is 1.76 bits per heavy atom. The average molecular weight is 295 g/mol. The molecule has 1 unspecified atom stereocenters. The Bertz CT molecular complexity index is 383. The van der Waals surface area contributed by atoms with Crippen molar-refractivity contribution < 1.29 is 9.59 Å². The molecule has 1 N–H and O–H groups in total. The molecule has 0 saturated carbocycles. The first-order valence-corrected chi connectivity index (χ1v) is 8.17. The van der Waals surface area contributed by atoms with Crippen LogP contribution >= 0.6 is 0 Å². The zero-order chi connectivity index (χ0) is 15.5. The lowest BCUT2D eigenvalue weighted by atomic mass is 9.94. The van der Waals surface area contributed by atoms with E-state index in [1.54, 1.807) is 0 Å². The van der Waals surface area contributed by atoms with Crippen molar-refractivity contribution in [3.05, 3.63) is 0 Å². The quantitative estimate of drug-likeness (QED) is 0.852. The van der Waals surface area contributed by atoms with Crippen molar-refractivity contribution in [3.63, 3.8) is 0 Å². The second-order valence-electron chi connectivity index (χ2n) is 7.39. The van der Waals surface area contributed by atoms with Crippen molar-refractivity contribution in [3.8, 4) is 0 Å². The lowest BCUT2D eigenvalue weighted by Gasteiger charge is -2.34. The highest BCUT2D eigenvalue weighted by Crippen LogP contribution is 2.16. The minimum Gasteiger partial charge on any atom is -0.352 e. The minimum absolute atomic E-state index is 0.0974. The minimum atomic E-state index is -0.354. The van der Waals surface area contributed by atoms with Crippen molar-refractivity contribution in [2.24, 2.45) is 5.41 Å². The smallest absolute Gasteiger partial charge is 0.236 e. The summed E-state index contributed by atoms with van der Waals surface area (Å²) in [5, 5.41) is 3.13. The van der Waals surface area contributed by atoms with Crippen molar-refractivity contribution in [2.45, 2.75) is 52.5 Å². The third-order valence-corrected chi connectivity index (χ3v) is 4.34. The third-order valence-electron chi connectivity index (χ3n) is 4.34. The first kappa shape index (κ1) is 16.3. The predicted molar refractivity (Wildman–Crippen MR) is 82.9 cm³/mol. The van der Waals surface area contributed by atoms with Crippen molar-refractivity contribution in [1.29, 1.82) is 0 Å². The second kappa shape index (κ2) is 6.77. The maximum atomic E-state index is 12.2. The summed E-state index contributed by atoms with van der Waals surface area (Å²) in [6.07, 6.45) is 4.32. The van der Waals surface area contributed by atoms with Gasteiger partial charge in [0.25, 0.3) is 0 Å². The number of carbonyl (C=O) groups excluding carboxylic acids is 2. The number of rotatable bonds is 3. The zero-order valence-corrected chi connectivity index (χ0v) is 13.7. The van der Waals surface area contributed by atoms with E-state index in [9.17, 15) is 9.59 Å². The van der Waals surface area contributed by atoms with Crippen LogP contribution in [-0.2, 0) is 9.59 Å². The average Bonchev–Trinajstić information content (AvgIpc) is 2.91. The number of hydrogen-bond acceptors (Lipinski definition) is 3. The molecule has 0 spiro atoms. The Morgan fingerprint density at radius 1 is 1.10 bits per heavy atom. The first-order valence-electron chi connectivity index (χ1n) is 8.17. The lowest BCUT2D eigenvalue weighted by molar-refractivity contribution is -0.131. The van der Waals surface area contributed by atoms with Crippen LogP contribution in [0.2, 0.25) is 0 Å². The van der Waals surface area contributed by atoms with Crippen LogP contribution in [0.3, 0.4) is 0 Å². The van der Waals surface area contributed by atoms with E-state index in [0.29, 0.717) is 6.54 Å². The largest absolute Gasteiger partial charge is 0.352 e. The van der Waals surface area contributed by atoms with Gasteiger partial charge >= 0.3 is 0 Å². The van der Waals surface area contributed by atoms with Crippen LogP contribution in [0.25, 0.3) is 0 Å². The van der Waals surface area contributed by atoms with Gasteiger partial charge in [0, 0.05) is 31.1 Å². The Kier molecular flexibility index (Phi) is 5.25. The molecule has 0 aromatic heterocycles. The monoisotopic (exact) mass is 295 g/mol. The number of carbonyl (C=O) groups is 2. The first-order chi connectivity index (χ1) is 9.86. The van der Waals surface area contributed by atoms with E-state index in [1.165, 1.54) is 0 Å². The summed E-state index contributed by atoms with van der Waals surface area (Å²) in [4.78, 5) is 28.4. The number of nitrogens with zero attached hydrogens (tertiary/aromatic N) is 2. The molecule has 0 bridgehead atoms. The van der Waals surface area contributed by atoms with E-state index >= 15 is 0 Å². The van der Waals surface area contributed by atoms with Crippen LogP contribution in [0.15, 0.2) is 0 Å². The Labute approximate surface area is 128 Å². The van der Waals surface area contributed by atoms with Gasteiger partial charge in [-0.1, -0.05) is 20.8 Å². The molecule has 120 valence electrons. The molecule has 2 aliphatic rings. The Balaban J connectivity index is 1.80. The van der Waals surface area contributed by atoms with Crippen molar-refractivity contribution in [1.82, 2.24) is 15.1 Å². The fraction of sp³-hybridized carbons (Fsp3) is 0.875. The van der Waals surface area contributed by atoms with Gasteiger partial charge in [0.15, 0.2) is 0 Å². The van der Waals surface area contributed by atoms with Gasteiger partial charge in [-0.05, 0) is 32.2 Å². The Hall–Kier alpha value is -1.10. The fourth-order valence-electron chi connectivity index (χ4n) is 2.98. The molecule has 21 heavy (non-hydrogen) atoms. The highest BCUT2D eigenvalue weighted by Gasteiger charge is 2.28. The van der Waals surface area contributed by atoms with Crippen LogP contribution in [-0.4, -0.2) is 60.4 Å². The third kappa shape index (κ3) is 4.70. The molecule has 5 nitrogen and oxygen atoms in total. The topological polar surface area (TPSA) is 52.7 Å². The molecule has 2 rings (SSSR count). The summed E-state index contributed by atoms with van der Waals surface area (Å²) in [5.74, 6) is 0.343. The SMILES string of the molecule is CC(C)(C)C(=O)NC1CCCN(CC(=O)N2CCCC2)C1. The maximum Gasteiger partial charge on any atom is 0.236 e. The highest BCUT2D eigenvalue weighted by molar-refractivity contribution is 5.81. The highest BCUT2D eigenvalue weighted by atomic mass is 16.2. The summed E-state index contributed by atoms with van der Waals surface area (Å²) < 4.78 is 0. The lowest BCUT2D eigenvalue weighted by Crippen LogP contribution is -2.52. The van der Waals surface area contributed by atoms with Crippen LogP contribution < -0.4 is 5.32 Å². The van der Waals surface area contributed by atoms with Crippen LogP contribution in [0.5, 0.6) is 0 Å². The van der Waals surface area contributed by atoms with Gasteiger partial charge in [0.2, 0.25) is 11.8 Å². The molecule has 0 aliphatic carbocycles. The number of amides is 2. The summed E-state index contributed by atoms with van der Waals surface area (Å²) in [6.45, 7) is 9.87. The molecule has 0 aromatic carbocycles. The van der Waals surface area contributed by atoms with E-state index in [4.69, 9.17) is 0 Å². The summed E-state index contributed by atoms with van der Waals surface area (Å²) in [6, 6.07) is 0.178. The van der Waals surface area contributed by atoms with E-state index < -0.39 is 0 Å². The van der Waals surface area contributed by atoms with Crippen LogP contribution in [0.4, 0.5) is 0 Å². The fourth-order valence-corrected chi connectivity index (χ4v) is 2.98. The van der Waals surface area contributed by atoms with E-state index in [0.717, 1.165) is 51.9 Å². The van der Waals surface area contributed by atoms with Gasteiger partial charge < -0.3 is 10.2 Å². The Morgan fingerprint density at radius 3 is 2.38 bits per heavy atom. The van der Waals surface area contributed by atoms with Gasteiger partial charge in [0.05, 0.1) is 6.54 Å². The number of hydrogen-bond donors (Lipinski definition) is 1. The standard InChI is InChI=1S/C16H29N3O2/c1-16(2,3)15(21)17-13-7-6-8-18(11-13)12-14(20)19-9-4-5-10-19/h13H,4-12H2,1-3H3,(H,17,21). The molecular weight excluding hydrogens is 266 g/mol. The van der Waals surface area contributed by atoms with Gasteiger partial charge in [0.1, 0.15) is 0 Å². The number of piperidine rings is 1. The van der Waals surface area contributed by atoms with Crippen molar-refractivity contribution in [2.75, 3.05) is 32.7 Å². The summed E-state index contributed by atoms with van der Waals surface area (Å²) >= 11 is 0. The molecule has 0 aromatic rings. The molecule has 2 aliphatic heterocycles. The van der Waals surface area contributed by atoms with E-state index in [1.807, 2.05) is 25.7 Å². The van der Waals surface area contributed by atoms with Gasteiger partial charge in [-0.3, -0.25) is 14.5 Å².